The molecule has 9 heteroatoms. The van der Waals surface area contributed by atoms with Crippen LogP contribution in [0.3, 0.4) is 0 Å². The van der Waals surface area contributed by atoms with E-state index < -0.39 is 21.7 Å². The summed E-state index contributed by atoms with van der Waals surface area (Å²) in [6, 6.07) is 7.21. The lowest BCUT2D eigenvalue weighted by Crippen LogP contribution is -2.31. The Balaban J connectivity index is 1.76. The second-order valence-electron chi connectivity index (χ2n) is 7.63. The van der Waals surface area contributed by atoms with E-state index in [0.717, 1.165) is 18.0 Å². The van der Waals surface area contributed by atoms with Gasteiger partial charge in [0.05, 0.1) is 28.2 Å². The van der Waals surface area contributed by atoms with Crippen molar-refractivity contribution in [2.45, 2.75) is 37.8 Å². The molecule has 0 atom stereocenters. The van der Waals surface area contributed by atoms with Crippen molar-refractivity contribution in [2.75, 3.05) is 25.5 Å². The molecule has 0 fully saturated rings. The summed E-state index contributed by atoms with van der Waals surface area (Å²) >= 11 is 0. The molecule has 30 heavy (non-hydrogen) atoms. The van der Waals surface area contributed by atoms with E-state index in [1.807, 2.05) is 16.4 Å². The van der Waals surface area contributed by atoms with Crippen LogP contribution in [0.15, 0.2) is 35.2 Å². The molecule has 1 aliphatic heterocycles. The van der Waals surface area contributed by atoms with E-state index >= 15 is 0 Å². The summed E-state index contributed by atoms with van der Waals surface area (Å²) in [5.41, 5.74) is 2.49. The molecular formula is C21H24F2N4O2S. The van der Waals surface area contributed by atoms with Crippen LogP contribution in [0, 0.1) is 11.6 Å². The van der Waals surface area contributed by atoms with E-state index in [2.05, 4.69) is 4.98 Å². The third kappa shape index (κ3) is 3.45. The Morgan fingerprint density at radius 2 is 1.93 bits per heavy atom. The summed E-state index contributed by atoms with van der Waals surface area (Å²) < 4.78 is 56.3. The minimum absolute atomic E-state index is 0.178. The van der Waals surface area contributed by atoms with Crippen molar-refractivity contribution in [1.29, 1.82) is 0 Å². The predicted octanol–water partition coefficient (Wildman–Crippen LogP) is 3.54. The van der Waals surface area contributed by atoms with Crippen molar-refractivity contribution in [3.05, 3.63) is 53.4 Å². The fourth-order valence-corrected chi connectivity index (χ4v) is 4.99. The number of nitrogens with zero attached hydrogens (tertiary/aromatic N) is 4. The van der Waals surface area contributed by atoms with Gasteiger partial charge in [-0.25, -0.2) is 26.5 Å². The zero-order valence-electron chi connectivity index (χ0n) is 17.2. The molecule has 6 nitrogen and oxygen atoms in total. The van der Waals surface area contributed by atoms with E-state index in [1.54, 1.807) is 18.2 Å². The lowest BCUT2D eigenvalue weighted by Gasteiger charge is -2.31. The van der Waals surface area contributed by atoms with Crippen LogP contribution in [0.4, 0.5) is 14.5 Å². The van der Waals surface area contributed by atoms with Gasteiger partial charge in [-0.15, -0.1) is 0 Å². The summed E-state index contributed by atoms with van der Waals surface area (Å²) in [6.07, 6.45) is 1.43. The van der Waals surface area contributed by atoms with Crippen molar-refractivity contribution in [3.63, 3.8) is 0 Å². The molecule has 0 saturated carbocycles. The van der Waals surface area contributed by atoms with E-state index in [-0.39, 0.29) is 4.90 Å². The lowest BCUT2D eigenvalue weighted by atomic mass is 10.0. The van der Waals surface area contributed by atoms with Crippen LogP contribution < -0.4 is 4.90 Å². The van der Waals surface area contributed by atoms with Crippen molar-refractivity contribution in [2.24, 2.45) is 0 Å². The number of aromatic nitrogens is 2. The molecule has 0 aliphatic carbocycles. The summed E-state index contributed by atoms with van der Waals surface area (Å²) in [5.74, 6) is -0.421. The molecule has 0 unspecified atom stereocenters. The Morgan fingerprint density at radius 1 is 1.17 bits per heavy atom. The van der Waals surface area contributed by atoms with Crippen LogP contribution in [0.25, 0.3) is 11.0 Å². The predicted molar refractivity (Wildman–Crippen MR) is 112 cm³/mol. The van der Waals surface area contributed by atoms with E-state index in [1.165, 1.54) is 24.5 Å². The average molecular weight is 435 g/mol. The summed E-state index contributed by atoms with van der Waals surface area (Å²) in [5, 5.41) is 0. The molecule has 1 aromatic heterocycles. The molecule has 0 amide bonds. The molecule has 2 heterocycles. The lowest BCUT2D eigenvalue weighted by molar-refractivity contribution is 0.521. The molecule has 4 rings (SSSR count). The fourth-order valence-electron chi connectivity index (χ4n) is 4.07. The van der Waals surface area contributed by atoms with Gasteiger partial charge in [0.2, 0.25) is 10.0 Å². The second-order valence-corrected chi connectivity index (χ2v) is 9.78. The highest BCUT2D eigenvalue weighted by molar-refractivity contribution is 7.89. The van der Waals surface area contributed by atoms with Gasteiger partial charge in [-0.05, 0) is 49.6 Å². The summed E-state index contributed by atoms with van der Waals surface area (Å²) in [4.78, 5) is 6.74. The molecule has 0 radical (unpaired) electrons. The average Bonchev–Trinajstić information content (AvgIpc) is 3.03. The van der Waals surface area contributed by atoms with Crippen LogP contribution in [0.5, 0.6) is 0 Å². The van der Waals surface area contributed by atoms with Gasteiger partial charge in [0, 0.05) is 33.3 Å². The highest BCUT2D eigenvalue weighted by Gasteiger charge is 2.25. The molecule has 160 valence electrons. The van der Waals surface area contributed by atoms with Gasteiger partial charge in [0.25, 0.3) is 0 Å². The van der Waals surface area contributed by atoms with Crippen LogP contribution in [0.1, 0.15) is 24.7 Å². The van der Waals surface area contributed by atoms with Gasteiger partial charge < -0.3 is 9.47 Å². The van der Waals surface area contributed by atoms with Gasteiger partial charge in [-0.1, -0.05) is 0 Å². The molecule has 3 aromatic rings. The zero-order chi connectivity index (χ0) is 21.6. The first-order chi connectivity index (χ1) is 14.2. The van der Waals surface area contributed by atoms with E-state index in [0.29, 0.717) is 48.6 Å². The van der Waals surface area contributed by atoms with E-state index in [9.17, 15) is 17.2 Å². The van der Waals surface area contributed by atoms with Gasteiger partial charge >= 0.3 is 0 Å². The van der Waals surface area contributed by atoms with Crippen LogP contribution >= 0.6 is 0 Å². The minimum atomic E-state index is -3.57. The first-order valence-electron chi connectivity index (χ1n) is 9.87. The fraction of sp³-hybridized carbons (Fsp3) is 0.381. The first kappa shape index (κ1) is 20.7. The number of halogens is 2. The standard InChI is InChI=1S/C21H24F2N4O2S/c1-4-27-19-8-7-16(30(28,29)25(2)3)12-18(19)24-20(27)13-26-9-5-6-14-10-15(22)11-17(23)21(14)26/h7-8,10-12H,4-6,9,13H2,1-3H3. The van der Waals surface area contributed by atoms with E-state index in [4.69, 9.17) is 0 Å². The SMILES string of the molecule is CCn1c(CN2CCCc3cc(F)cc(F)c32)nc2cc(S(=O)(=O)N(C)C)ccc21. The number of rotatable bonds is 5. The van der Waals surface area contributed by atoms with Gasteiger partial charge in [-0.3, -0.25) is 0 Å². The molecule has 0 N–H and O–H groups in total. The van der Waals surface area contributed by atoms with Crippen LogP contribution in [0.2, 0.25) is 0 Å². The maximum atomic E-state index is 14.6. The monoisotopic (exact) mass is 434 g/mol. The number of imidazole rings is 1. The zero-order valence-corrected chi connectivity index (χ0v) is 18.0. The first-order valence-corrected chi connectivity index (χ1v) is 11.3. The number of anilines is 1. The Kier molecular flexibility index (Phi) is 5.27. The molecule has 2 aromatic carbocycles. The van der Waals surface area contributed by atoms with Crippen molar-refractivity contribution >= 4 is 26.7 Å². The van der Waals surface area contributed by atoms with Gasteiger partial charge in [-0.2, -0.15) is 0 Å². The smallest absolute Gasteiger partial charge is 0.242 e. The molecule has 0 saturated heterocycles. The Labute approximate surface area is 174 Å². The topological polar surface area (TPSA) is 58.4 Å². The summed E-state index contributed by atoms with van der Waals surface area (Å²) in [6.45, 7) is 3.62. The molecule has 0 bridgehead atoms. The normalized spacial score (nSPS) is 14.5. The molecule has 1 aliphatic rings. The third-order valence-electron chi connectivity index (χ3n) is 5.52. The van der Waals surface area contributed by atoms with Gasteiger partial charge in [0.15, 0.2) is 0 Å². The maximum Gasteiger partial charge on any atom is 0.242 e. The number of fused-ring (bicyclic) bond motifs is 2. The Hall–Kier alpha value is -2.52. The van der Waals surface area contributed by atoms with Gasteiger partial charge in [0.1, 0.15) is 17.5 Å². The Morgan fingerprint density at radius 3 is 2.63 bits per heavy atom. The quantitative estimate of drug-likeness (QED) is 0.616. The third-order valence-corrected chi connectivity index (χ3v) is 7.33. The highest BCUT2D eigenvalue weighted by Crippen LogP contribution is 2.32. The number of benzene rings is 2. The number of hydrogen-bond acceptors (Lipinski definition) is 4. The molecule has 0 spiro atoms. The number of aryl methyl sites for hydroxylation is 2. The highest BCUT2D eigenvalue weighted by atomic mass is 32.2. The summed E-state index contributed by atoms with van der Waals surface area (Å²) in [7, 11) is -0.593. The number of hydrogen-bond donors (Lipinski definition) is 0. The molecular weight excluding hydrogens is 410 g/mol. The Bertz CT molecular complexity index is 1220. The van der Waals surface area contributed by atoms with Crippen molar-refractivity contribution in [1.82, 2.24) is 13.9 Å². The largest absolute Gasteiger partial charge is 0.361 e. The second kappa shape index (κ2) is 7.63. The maximum absolute atomic E-state index is 14.6. The van der Waals surface area contributed by atoms with Crippen molar-refractivity contribution in [3.8, 4) is 0 Å². The minimum Gasteiger partial charge on any atom is -0.361 e. The van der Waals surface area contributed by atoms with Crippen LogP contribution in [-0.4, -0.2) is 42.9 Å². The number of sulfonamides is 1. The van der Waals surface area contributed by atoms with Crippen molar-refractivity contribution < 1.29 is 17.2 Å². The van der Waals surface area contributed by atoms with Crippen LogP contribution in [-0.2, 0) is 29.5 Å².